The van der Waals surface area contributed by atoms with E-state index in [1.165, 1.54) is 12.4 Å². The van der Waals surface area contributed by atoms with E-state index in [0.717, 1.165) is 0 Å². The molecular formula is C10H8N4OS. The number of aromatic nitrogens is 3. The predicted molar refractivity (Wildman–Crippen MR) is 62.2 cm³/mol. The van der Waals surface area contributed by atoms with Crippen LogP contribution in [0.5, 0.6) is 11.6 Å². The van der Waals surface area contributed by atoms with Crippen molar-refractivity contribution in [1.82, 2.24) is 15.0 Å². The van der Waals surface area contributed by atoms with Gasteiger partial charge in [-0.15, -0.1) is 0 Å². The number of ether oxygens (including phenoxy) is 1. The van der Waals surface area contributed by atoms with Crippen molar-refractivity contribution in [2.45, 2.75) is 0 Å². The molecule has 0 aliphatic heterocycles. The topological polar surface area (TPSA) is 73.9 Å². The summed E-state index contributed by atoms with van der Waals surface area (Å²) in [4.78, 5) is 12.1. The van der Waals surface area contributed by atoms with E-state index < -0.39 is 0 Å². The van der Waals surface area contributed by atoms with Gasteiger partial charge >= 0.3 is 0 Å². The monoisotopic (exact) mass is 232 g/mol. The summed E-state index contributed by atoms with van der Waals surface area (Å²) in [6.07, 6.45) is 6.17. The lowest BCUT2D eigenvalue weighted by molar-refractivity contribution is 0.458. The summed E-state index contributed by atoms with van der Waals surface area (Å²) in [6, 6.07) is 3.54. The standard InChI is InChI=1S/C10H8N4OS/c11-10(16)8-5-14-9(6-13-8)15-7-2-1-3-12-4-7/h1-6H,(H2,11,16). The minimum absolute atomic E-state index is 0.209. The summed E-state index contributed by atoms with van der Waals surface area (Å²) < 4.78 is 5.39. The Bertz CT molecular complexity index is 486. The number of nitrogens with two attached hydrogens (primary N) is 1. The van der Waals surface area contributed by atoms with Gasteiger partial charge < -0.3 is 10.5 Å². The summed E-state index contributed by atoms with van der Waals surface area (Å²) in [5, 5.41) is 0. The third kappa shape index (κ3) is 2.48. The second-order valence-corrected chi connectivity index (χ2v) is 3.33. The molecule has 16 heavy (non-hydrogen) atoms. The highest BCUT2D eigenvalue weighted by Crippen LogP contribution is 2.16. The zero-order valence-corrected chi connectivity index (χ0v) is 9.02. The van der Waals surface area contributed by atoms with Crippen molar-refractivity contribution in [3.8, 4) is 11.6 Å². The van der Waals surface area contributed by atoms with Gasteiger partial charge in [0, 0.05) is 6.20 Å². The number of nitrogens with zero attached hydrogens (tertiary/aromatic N) is 3. The molecule has 0 unspecified atom stereocenters. The van der Waals surface area contributed by atoms with E-state index in [0.29, 0.717) is 17.3 Å². The Balaban J connectivity index is 2.14. The molecule has 5 nitrogen and oxygen atoms in total. The largest absolute Gasteiger partial charge is 0.436 e. The van der Waals surface area contributed by atoms with Gasteiger partial charge in [-0.3, -0.25) is 4.98 Å². The van der Waals surface area contributed by atoms with Crippen molar-refractivity contribution in [2.24, 2.45) is 5.73 Å². The van der Waals surface area contributed by atoms with Gasteiger partial charge in [0.05, 0.1) is 18.6 Å². The molecule has 0 aromatic carbocycles. The molecule has 0 atom stereocenters. The quantitative estimate of drug-likeness (QED) is 0.804. The SMILES string of the molecule is NC(=S)c1cnc(Oc2cccnc2)cn1. The highest BCUT2D eigenvalue weighted by molar-refractivity contribution is 7.80. The summed E-state index contributed by atoms with van der Waals surface area (Å²) in [6.45, 7) is 0. The second-order valence-electron chi connectivity index (χ2n) is 2.89. The van der Waals surface area contributed by atoms with Crippen molar-refractivity contribution in [3.63, 3.8) is 0 Å². The van der Waals surface area contributed by atoms with E-state index in [1.54, 1.807) is 24.5 Å². The number of thiocarbonyl (C=S) groups is 1. The molecule has 0 bridgehead atoms. The summed E-state index contributed by atoms with van der Waals surface area (Å²) >= 11 is 4.76. The molecule has 80 valence electrons. The molecule has 2 rings (SSSR count). The lowest BCUT2D eigenvalue weighted by Crippen LogP contribution is -2.11. The van der Waals surface area contributed by atoms with Crippen LogP contribution < -0.4 is 10.5 Å². The van der Waals surface area contributed by atoms with Gasteiger partial charge in [-0.05, 0) is 12.1 Å². The first-order chi connectivity index (χ1) is 7.75. The average Bonchev–Trinajstić information content (AvgIpc) is 2.31. The summed E-state index contributed by atoms with van der Waals surface area (Å²) in [7, 11) is 0. The van der Waals surface area contributed by atoms with Crippen molar-refractivity contribution in [1.29, 1.82) is 0 Å². The predicted octanol–water partition coefficient (Wildman–Crippen LogP) is 1.30. The Morgan fingerprint density at radius 2 is 2.12 bits per heavy atom. The summed E-state index contributed by atoms with van der Waals surface area (Å²) in [5.41, 5.74) is 5.86. The summed E-state index contributed by atoms with van der Waals surface area (Å²) in [5.74, 6) is 0.966. The maximum Gasteiger partial charge on any atom is 0.237 e. The van der Waals surface area contributed by atoms with Crippen LogP contribution in [-0.4, -0.2) is 19.9 Å². The zero-order chi connectivity index (χ0) is 11.4. The number of rotatable bonds is 3. The smallest absolute Gasteiger partial charge is 0.237 e. The lowest BCUT2D eigenvalue weighted by Gasteiger charge is -2.03. The fraction of sp³-hybridized carbons (Fsp3) is 0. The molecule has 0 saturated carbocycles. The first-order valence-electron chi connectivity index (χ1n) is 4.45. The third-order valence-corrected chi connectivity index (χ3v) is 1.95. The molecule has 6 heteroatoms. The van der Waals surface area contributed by atoms with Crippen molar-refractivity contribution >= 4 is 17.2 Å². The van der Waals surface area contributed by atoms with Gasteiger partial charge in [0.15, 0.2) is 0 Å². The van der Waals surface area contributed by atoms with E-state index >= 15 is 0 Å². The minimum Gasteiger partial charge on any atom is -0.436 e. The van der Waals surface area contributed by atoms with E-state index in [9.17, 15) is 0 Å². The van der Waals surface area contributed by atoms with E-state index in [2.05, 4.69) is 15.0 Å². The zero-order valence-electron chi connectivity index (χ0n) is 8.20. The molecule has 0 aliphatic carbocycles. The van der Waals surface area contributed by atoms with Crippen LogP contribution in [-0.2, 0) is 0 Å². The Morgan fingerprint density at radius 3 is 2.69 bits per heavy atom. The van der Waals surface area contributed by atoms with Crippen LogP contribution in [0.4, 0.5) is 0 Å². The minimum atomic E-state index is 0.209. The van der Waals surface area contributed by atoms with Gasteiger partial charge in [-0.1, -0.05) is 12.2 Å². The van der Waals surface area contributed by atoms with Gasteiger partial charge in [0.2, 0.25) is 5.88 Å². The molecule has 2 aromatic rings. The van der Waals surface area contributed by atoms with Gasteiger partial charge in [-0.2, -0.15) is 0 Å². The van der Waals surface area contributed by atoms with Crippen molar-refractivity contribution in [3.05, 3.63) is 42.6 Å². The van der Waals surface area contributed by atoms with Crippen LogP contribution >= 0.6 is 12.2 Å². The Hall–Kier alpha value is -2.08. The van der Waals surface area contributed by atoms with E-state index in [-0.39, 0.29) is 4.99 Å². The van der Waals surface area contributed by atoms with Gasteiger partial charge in [-0.25, -0.2) is 9.97 Å². The molecule has 0 saturated heterocycles. The van der Waals surface area contributed by atoms with Crippen LogP contribution in [0.2, 0.25) is 0 Å². The average molecular weight is 232 g/mol. The van der Waals surface area contributed by atoms with Crippen LogP contribution in [0.15, 0.2) is 36.9 Å². The second kappa shape index (κ2) is 4.63. The lowest BCUT2D eigenvalue weighted by atomic mass is 10.4. The third-order valence-electron chi connectivity index (χ3n) is 1.74. The number of hydrogen-bond acceptors (Lipinski definition) is 5. The first kappa shape index (κ1) is 10.4. The molecule has 2 N–H and O–H groups in total. The van der Waals surface area contributed by atoms with E-state index in [4.69, 9.17) is 22.7 Å². The van der Waals surface area contributed by atoms with Gasteiger partial charge in [0.25, 0.3) is 0 Å². The van der Waals surface area contributed by atoms with Crippen LogP contribution in [0, 0.1) is 0 Å². The maximum atomic E-state index is 5.39. The van der Waals surface area contributed by atoms with Gasteiger partial charge in [0.1, 0.15) is 16.4 Å². The maximum absolute atomic E-state index is 5.39. The molecule has 0 aliphatic rings. The highest BCUT2D eigenvalue weighted by Gasteiger charge is 2.01. The fourth-order valence-electron chi connectivity index (χ4n) is 1.02. The van der Waals surface area contributed by atoms with Crippen LogP contribution in [0.25, 0.3) is 0 Å². The molecule has 2 heterocycles. The highest BCUT2D eigenvalue weighted by atomic mass is 32.1. The molecule has 2 aromatic heterocycles. The Morgan fingerprint density at radius 1 is 1.25 bits per heavy atom. The fourth-order valence-corrected chi connectivity index (χ4v) is 1.13. The van der Waals surface area contributed by atoms with Crippen LogP contribution in [0.3, 0.4) is 0 Å². The first-order valence-corrected chi connectivity index (χ1v) is 4.86. The number of hydrogen-bond donors (Lipinski definition) is 1. The van der Waals surface area contributed by atoms with E-state index in [1.807, 2.05) is 0 Å². The molecule has 0 fully saturated rings. The van der Waals surface area contributed by atoms with Crippen LogP contribution in [0.1, 0.15) is 5.69 Å². The Labute approximate surface area is 97.3 Å². The number of pyridine rings is 1. The normalized spacial score (nSPS) is 9.75. The molecule has 0 spiro atoms. The molecular weight excluding hydrogens is 224 g/mol. The molecule has 0 amide bonds. The Kier molecular flexibility index (Phi) is 3.02. The van der Waals surface area contributed by atoms with Crippen molar-refractivity contribution < 1.29 is 4.74 Å². The van der Waals surface area contributed by atoms with Crippen molar-refractivity contribution in [2.75, 3.05) is 0 Å². The molecule has 0 radical (unpaired) electrons.